The van der Waals surface area contributed by atoms with Gasteiger partial charge in [-0.25, -0.2) is 0 Å². The average molecular weight is 282 g/mol. The molecular formula is C14H22N2O2S. The zero-order chi connectivity index (χ0) is 13.8. The van der Waals surface area contributed by atoms with E-state index in [1.807, 2.05) is 25.6 Å². The van der Waals surface area contributed by atoms with Crippen LogP contribution in [0.25, 0.3) is 0 Å². The molecule has 0 radical (unpaired) electrons. The number of nitrogens with zero attached hydrogens (tertiary/aromatic N) is 2. The molecule has 0 aromatic carbocycles. The minimum absolute atomic E-state index is 0.163. The lowest BCUT2D eigenvalue weighted by molar-refractivity contribution is 0.00535. The fourth-order valence-corrected chi connectivity index (χ4v) is 6.16. The highest BCUT2D eigenvalue weighted by Crippen LogP contribution is 2.45. The Bertz CT molecular complexity index is 522. The summed E-state index contributed by atoms with van der Waals surface area (Å²) in [5.41, 5.74) is 2.09. The molecular weight excluding hydrogens is 260 g/mol. The molecule has 2 bridgehead atoms. The van der Waals surface area contributed by atoms with Crippen molar-refractivity contribution >= 4 is 10.8 Å². The second-order valence-electron chi connectivity index (χ2n) is 6.11. The second-order valence-corrected chi connectivity index (χ2v) is 8.10. The highest BCUT2D eigenvalue weighted by molar-refractivity contribution is 7.86. The topological polar surface area (TPSA) is 55.1 Å². The van der Waals surface area contributed by atoms with Crippen LogP contribution in [0.2, 0.25) is 0 Å². The first-order valence-electron chi connectivity index (χ1n) is 7.05. The van der Waals surface area contributed by atoms with E-state index >= 15 is 0 Å². The Morgan fingerprint density at radius 3 is 2.37 bits per heavy atom. The van der Waals surface area contributed by atoms with E-state index in [4.69, 9.17) is 0 Å². The van der Waals surface area contributed by atoms with Crippen molar-refractivity contribution < 1.29 is 9.32 Å². The molecule has 2 unspecified atom stereocenters. The van der Waals surface area contributed by atoms with Crippen LogP contribution in [-0.4, -0.2) is 29.6 Å². The van der Waals surface area contributed by atoms with Crippen molar-refractivity contribution in [2.75, 3.05) is 0 Å². The lowest BCUT2D eigenvalue weighted by Gasteiger charge is -2.43. The summed E-state index contributed by atoms with van der Waals surface area (Å²) < 4.78 is 14.1. The van der Waals surface area contributed by atoms with Gasteiger partial charge in [0.15, 0.2) is 0 Å². The molecule has 106 valence electrons. The third kappa shape index (κ3) is 1.98. The first-order valence-corrected chi connectivity index (χ1v) is 8.32. The Labute approximate surface area is 116 Å². The van der Waals surface area contributed by atoms with Gasteiger partial charge in [-0.1, -0.05) is 6.42 Å². The van der Waals surface area contributed by atoms with Crippen LogP contribution in [-0.2, 0) is 23.4 Å². The number of aliphatic hydroxyl groups is 1. The van der Waals surface area contributed by atoms with Gasteiger partial charge in [-0.3, -0.25) is 8.89 Å². The van der Waals surface area contributed by atoms with Gasteiger partial charge in [0, 0.05) is 39.6 Å². The van der Waals surface area contributed by atoms with E-state index in [9.17, 15) is 9.32 Å². The normalized spacial score (nSPS) is 38.4. The summed E-state index contributed by atoms with van der Waals surface area (Å²) in [5.74, 6) is 0. The Morgan fingerprint density at radius 2 is 1.89 bits per heavy atom. The minimum atomic E-state index is -0.827. The first kappa shape index (κ1) is 13.3. The molecule has 1 aromatic heterocycles. The van der Waals surface area contributed by atoms with Crippen LogP contribution in [0.5, 0.6) is 0 Å². The maximum atomic E-state index is 12.3. The number of aromatic nitrogens is 2. The van der Waals surface area contributed by atoms with Crippen LogP contribution in [0.4, 0.5) is 0 Å². The van der Waals surface area contributed by atoms with Gasteiger partial charge in [-0.15, -0.1) is 0 Å². The number of rotatable bonds is 1. The number of fused-ring (bicyclic) bond motifs is 2. The summed E-state index contributed by atoms with van der Waals surface area (Å²) in [5, 5.41) is 15.9. The average Bonchev–Trinajstić information content (AvgIpc) is 2.56. The van der Waals surface area contributed by atoms with Gasteiger partial charge in [-0.2, -0.15) is 5.10 Å². The van der Waals surface area contributed by atoms with Crippen molar-refractivity contribution in [1.29, 1.82) is 0 Å². The minimum Gasteiger partial charge on any atom is -0.385 e. The van der Waals surface area contributed by atoms with Crippen LogP contribution in [0.1, 0.15) is 49.1 Å². The summed E-state index contributed by atoms with van der Waals surface area (Å²) in [6.07, 6.45) is 4.39. The maximum Gasteiger partial charge on any atom is 0.0955 e. The quantitative estimate of drug-likeness (QED) is 0.853. The lowest BCUT2D eigenvalue weighted by Crippen LogP contribution is -2.47. The molecule has 19 heavy (non-hydrogen) atoms. The summed E-state index contributed by atoms with van der Waals surface area (Å²) in [7, 11) is 1.16. The fourth-order valence-electron chi connectivity index (χ4n) is 3.93. The number of hydrogen-bond donors (Lipinski definition) is 1. The van der Waals surface area contributed by atoms with Gasteiger partial charge in [-0.05, 0) is 39.5 Å². The Morgan fingerprint density at radius 1 is 1.32 bits per heavy atom. The summed E-state index contributed by atoms with van der Waals surface area (Å²) >= 11 is 0. The van der Waals surface area contributed by atoms with E-state index in [2.05, 4.69) is 5.10 Å². The predicted molar refractivity (Wildman–Crippen MR) is 75.4 cm³/mol. The summed E-state index contributed by atoms with van der Waals surface area (Å²) in [6, 6.07) is 0. The fraction of sp³-hybridized carbons (Fsp3) is 0.786. The van der Waals surface area contributed by atoms with Crippen molar-refractivity contribution in [2.24, 2.45) is 7.05 Å². The van der Waals surface area contributed by atoms with Crippen molar-refractivity contribution in [2.45, 2.75) is 62.1 Å². The lowest BCUT2D eigenvalue weighted by atomic mass is 9.79. The molecule has 4 nitrogen and oxygen atoms in total. The van der Waals surface area contributed by atoms with Crippen LogP contribution < -0.4 is 0 Å². The van der Waals surface area contributed by atoms with Gasteiger partial charge in [0.1, 0.15) is 0 Å². The molecule has 0 aliphatic carbocycles. The van der Waals surface area contributed by atoms with Gasteiger partial charge < -0.3 is 5.11 Å². The largest absolute Gasteiger partial charge is 0.385 e. The SMILES string of the molecule is Cc1nn(C)c(C)c1C1(O)CC2CCCC(C1)S2=O. The highest BCUT2D eigenvalue weighted by atomic mass is 32.2. The van der Waals surface area contributed by atoms with E-state index in [0.717, 1.165) is 36.2 Å². The monoisotopic (exact) mass is 282 g/mol. The van der Waals surface area contributed by atoms with Gasteiger partial charge in [0.2, 0.25) is 0 Å². The van der Waals surface area contributed by atoms with Crippen molar-refractivity contribution in [1.82, 2.24) is 9.78 Å². The Hall–Kier alpha value is -0.680. The van der Waals surface area contributed by atoms with E-state index in [-0.39, 0.29) is 10.5 Å². The second kappa shape index (κ2) is 4.42. The standard InChI is InChI=1S/C14H22N2O2S/c1-9-13(10(2)16(3)15-9)14(17)7-11-5-4-6-12(8-14)19(11)18/h11-12,17H,4-8H2,1-3H3. The molecule has 2 saturated heterocycles. The Kier molecular flexibility index (Phi) is 3.09. The maximum absolute atomic E-state index is 12.3. The van der Waals surface area contributed by atoms with Gasteiger partial charge >= 0.3 is 0 Å². The van der Waals surface area contributed by atoms with Crippen molar-refractivity contribution in [3.63, 3.8) is 0 Å². The molecule has 3 rings (SSSR count). The molecule has 0 saturated carbocycles. The van der Waals surface area contributed by atoms with Crippen LogP contribution in [0.3, 0.4) is 0 Å². The summed E-state index contributed by atoms with van der Waals surface area (Å²) in [4.78, 5) is 0. The molecule has 2 aliphatic rings. The third-order valence-electron chi connectivity index (χ3n) is 4.81. The van der Waals surface area contributed by atoms with E-state index < -0.39 is 16.4 Å². The summed E-state index contributed by atoms with van der Waals surface area (Å²) in [6.45, 7) is 3.97. The molecule has 1 N–H and O–H groups in total. The van der Waals surface area contributed by atoms with E-state index in [1.54, 1.807) is 0 Å². The highest BCUT2D eigenvalue weighted by Gasteiger charge is 2.48. The zero-order valence-corrected chi connectivity index (χ0v) is 12.7. The van der Waals surface area contributed by atoms with Crippen LogP contribution in [0.15, 0.2) is 0 Å². The smallest absolute Gasteiger partial charge is 0.0955 e. The number of aryl methyl sites for hydroxylation is 2. The van der Waals surface area contributed by atoms with E-state index in [0.29, 0.717) is 12.8 Å². The molecule has 2 aliphatic heterocycles. The molecule has 2 atom stereocenters. The van der Waals surface area contributed by atoms with Gasteiger partial charge in [0.25, 0.3) is 0 Å². The molecule has 3 heterocycles. The van der Waals surface area contributed by atoms with Crippen LogP contribution >= 0.6 is 0 Å². The van der Waals surface area contributed by atoms with Crippen LogP contribution in [0, 0.1) is 13.8 Å². The molecule has 0 spiro atoms. The predicted octanol–water partition coefficient (Wildman–Crippen LogP) is 1.69. The van der Waals surface area contributed by atoms with E-state index in [1.165, 1.54) is 0 Å². The zero-order valence-electron chi connectivity index (χ0n) is 11.8. The molecule has 1 aromatic rings. The first-order chi connectivity index (χ1) is 8.92. The molecule has 2 fully saturated rings. The van der Waals surface area contributed by atoms with Crippen molar-refractivity contribution in [3.8, 4) is 0 Å². The van der Waals surface area contributed by atoms with Crippen molar-refractivity contribution in [3.05, 3.63) is 17.0 Å². The number of hydrogen-bond acceptors (Lipinski definition) is 3. The molecule has 5 heteroatoms. The molecule has 0 amide bonds. The Balaban J connectivity index is 2.02. The van der Waals surface area contributed by atoms with Gasteiger partial charge in [0.05, 0.1) is 11.3 Å². The third-order valence-corrected chi connectivity index (χ3v) is 6.93.